The van der Waals surface area contributed by atoms with E-state index in [2.05, 4.69) is 10.2 Å². The first-order valence-electron chi connectivity index (χ1n) is 8.81. The summed E-state index contributed by atoms with van der Waals surface area (Å²) in [5, 5.41) is 8.10. The van der Waals surface area contributed by atoms with Gasteiger partial charge >= 0.3 is 5.69 Å². The van der Waals surface area contributed by atoms with Crippen LogP contribution < -0.4 is 5.69 Å². The van der Waals surface area contributed by atoms with Gasteiger partial charge in [0.1, 0.15) is 6.54 Å². The topological polar surface area (TPSA) is 78.0 Å². The largest absolute Gasteiger partial charge is 0.346 e. The average Bonchev–Trinajstić information content (AvgIpc) is 3.29. The van der Waals surface area contributed by atoms with Crippen LogP contribution in [-0.2, 0) is 26.2 Å². The number of nitrogens with zero attached hydrogens (tertiary/aromatic N) is 6. The van der Waals surface area contributed by atoms with Gasteiger partial charge in [0.05, 0.1) is 13.1 Å². The molecule has 0 saturated carbocycles. The van der Waals surface area contributed by atoms with Crippen molar-refractivity contribution in [3.8, 4) is 0 Å². The van der Waals surface area contributed by atoms with Gasteiger partial charge in [0.25, 0.3) is 12.3 Å². The van der Waals surface area contributed by atoms with Gasteiger partial charge in [-0.15, -0.1) is 0 Å². The number of carbonyl (C=O) groups is 1. The lowest BCUT2D eigenvalue weighted by molar-refractivity contribution is 0.0706. The molecule has 0 spiro atoms. The molecule has 8 nitrogen and oxygen atoms in total. The number of rotatable bonds is 5. The molecule has 0 N–H and O–H groups in total. The number of amides is 1. The molecule has 1 aromatic carbocycles. The lowest BCUT2D eigenvalue weighted by Crippen LogP contribution is -2.41. The summed E-state index contributed by atoms with van der Waals surface area (Å²) in [6.07, 6.45) is 0.906. The molecule has 0 aliphatic carbocycles. The van der Waals surface area contributed by atoms with Gasteiger partial charge < -0.3 is 4.90 Å². The highest BCUT2D eigenvalue weighted by atomic mass is 19.3. The predicted octanol–water partition coefficient (Wildman–Crippen LogP) is 1.21. The van der Waals surface area contributed by atoms with Crippen molar-refractivity contribution >= 4 is 5.91 Å². The van der Waals surface area contributed by atoms with Gasteiger partial charge in [-0.05, 0) is 23.8 Å². The van der Waals surface area contributed by atoms with Crippen molar-refractivity contribution in [1.29, 1.82) is 0 Å². The highest BCUT2D eigenvalue weighted by molar-refractivity contribution is 5.94. The van der Waals surface area contributed by atoms with Gasteiger partial charge in [-0.3, -0.25) is 14.0 Å². The molecule has 0 radical (unpaired) electrons. The summed E-state index contributed by atoms with van der Waals surface area (Å²) >= 11 is 0. The van der Waals surface area contributed by atoms with Crippen LogP contribution in [0, 0.1) is 0 Å². The number of alkyl halides is 2. The molecule has 1 amide bonds. The SMILES string of the molecule is O=C(c1ccc(Cn2cccn2)cc1)N1CCn2c(nn(CC(F)F)c2=O)C1. The van der Waals surface area contributed by atoms with Gasteiger partial charge in [-0.25, -0.2) is 18.3 Å². The fourth-order valence-corrected chi connectivity index (χ4v) is 3.24. The molecule has 4 rings (SSSR count). The van der Waals surface area contributed by atoms with E-state index >= 15 is 0 Å². The van der Waals surface area contributed by atoms with Gasteiger partial charge in [-0.2, -0.15) is 10.2 Å². The molecule has 1 aliphatic rings. The van der Waals surface area contributed by atoms with Crippen LogP contribution in [-0.4, -0.2) is 47.9 Å². The van der Waals surface area contributed by atoms with E-state index in [1.165, 1.54) is 4.57 Å². The summed E-state index contributed by atoms with van der Waals surface area (Å²) < 4.78 is 29.0. The van der Waals surface area contributed by atoms with Crippen molar-refractivity contribution in [2.24, 2.45) is 0 Å². The van der Waals surface area contributed by atoms with Crippen molar-refractivity contribution < 1.29 is 13.6 Å². The molecular formula is C18H18F2N6O2. The van der Waals surface area contributed by atoms with E-state index in [0.29, 0.717) is 24.5 Å². The van der Waals surface area contributed by atoms with Crippen LogP contribution >= 0.6 is 0 Å². The lowest BCUT2D eigenvalue weighted by Gasteiger charge is -2.26. The molecule has 2 aromatic heterocycles. The van der Waals surface area contributed by atoms with E-state index < -0.39 is 18.7 Å². The first kappa shape index (κ1) is 18.1. The number of hydrogen-bond acceptors (Lipinski definition) is 4. The third-order valence-electron chi connectivity index (χ3n) is 4.63. The Morgan fingerprint density at radius 1 is 1.18 bits per heavy atom. The fourth-order valence-electron chi connectivity index (χ4n) is 3.24. The second-order valence-electron chi connectivity index (χ2n) is 6.55. The summed E-state index contributed by atoms with van der Waals surface area (Å²) in [7, 11) is 0. The first-order valence-corrected chi connectivity index (χ1v) is 8.81. The van der Waals surface area contributed by atoms with Crippen LogP contribution in [0.1, 0.15) is 21.7 Å². The fraction of sp³-hybridized carbons (Fsp3) is 0.333. The maximum Gasteiger partial charge on any atom is 0.346 e. The molecular weight excluding hydrogens is 370 g/mol. The van der Waals surface area contributed by atoms with Gasteiger partial charge in [0.15, 0.2) is 5.82 Å². The second-order valence-corrected chi connectivity index (χ2v) is 6.55. The van der Waals surface area contributed by atoms with E-state index in [1.807, 2.05) is 24.4 Å². The third kappa shape index (κ3) is 3.57. The van der Waals surface area contributed by atoms with Crippen LogP contribution in [0.15, 0.2) is 47.5 Å². The standard InChI is InChI=1S/C18H18F2N6O2/c19-15(20)11-26-18(28)25-9-8-23(12-16(25)22-26)17(27)14-4-2-13(3-5-14)10-24-7-1-6-21-24/h1-7,15H,8-12H2. The molecule has 0 saturated heterocycles. The Morgan fingerprint density at radius 3 is 2.64 bits per heavy atom. The van der Waals surface area contributed by atoms with Crippen LogP contribution in [0.2, 0.25) is 0 Å². The number of hydrogen-bond donors (Lipinski definition) is 0. The van der Waals surface area contributed by atoms with E-state index in [4.69, 9.17) is 0 Å². The highest BCUT2D eigenvalue weighted by Gasteiger charge is 2.26. The Balaban J connectivity index is 1.46. The maximum atomic E-state index is 12.8. The Hall–Kier alpha value is -3.30. The van der Waals surface area contributed by atoms with Crippen molar-refractivity contribution in [2.45, 2.75) is 32.6 Å². The minimum Gasteiger partial charge on any atom is -0.329 e. The van der Waals surface area contributed by atoms with Crippen molar-refractivity contribution in [3.63, 3.8) is 0 Å². The zero-order chi connectivity index (χ0) is 19.7. The number of carbonyl (C=O) groups excluding carboxylic acids is 1. The number of aromatic nitrogens is 5. The monoisotopic (exact) mass is 388 g/mol. The molecule has 0 atom stereocenters. The third-order valence-corrected chi connectivity index (χ3v) is 4.63. The van der Waals surface area contributed by atoms with Crippen LogP contribution in [0.5, 0.6) is 0 Å². The van der Waals surface area contributed by atoms with E-state index in [1.54, 1.807) is 27.9 Å². The zero-order valence-corrected chi connectivity index (χ0v) is 14.9. The lowest BCUT2D eigenvalue weighted by atomic mass is 10.1. The molecule has 3 aromatic rings. The molecule has 0 fully saturated rings. The molecule has 10 heteroatoms. The van der Waals surface area contributed by atoms with Gasteiger partial charge in [-0.1, -0.05) is 12.1 Å². The predicted molar refractivity (Wildman–Crippen MR) is 95.0 cm³/mol. The van der Waals surface area contributed by atoms with E-state index in [-0.39, 0.29) is 19.0 Å². The van der Waals surface area contributed by atoms with E-state index in [9.17, 15) is 18.4 Å². The average molecular weight is 388 g/mol. The van der Waals surface area contributed by atoms with Crippen LogP contribution in [0.4, 0.5) is 8.78 Å². The van der Waals surface area contributed by atoms with Crippen molar-refractivity contribution in [2.75, 3.05) is 6.54 Å². The summed E-state index contributed by atoms with van der Waals surface area (Å²) in [5.41, 5.74) is 0.968. The number of halogens is 2. The quantitative estimate of drug-likeness (QED) is 0.658. The van der Waals surface area contributed by atoms with Crippen LogP contribution in [0.3, 0.4) is 0 Å². The summed E-state index contributed by atoms with van der Waals surface area (Å²) in [6, 6.07) is 9.07. The number of benzene rings is 1. The summed E-state index contributed by atoms with van der Waals surface area (Å²) in [6.45, 7) is 0.532. The molecule has 146 valence electrons. The van der Waals surface area contributed by atoms with Gasteiger partial charge in [0.2, 0.25) is 0 Å². The highest BCUT2D eigenvalue weighted by Crippen LogP contribution is 2.14. The van der Waals surface area contributed by atoms with Gasteiger partial charge in [0, 0.05) is 31.0 Å². The summed E-state index contributed by atoms with van der Waals surface area (Å²) in [4.78, 5) is 26.4. The van der Waals surface area contributed by atoms with Crippen LogP contribution in [0.25, 0.3) is 0 Å². The molecule has 3 heterocycles. The second kappa shape index (κ2) is 7.37. The Labute approximate surface area is 158 Å². The number of fused-ring (bicyclic) bond motifs is 1. The maximum absolute atomic E-state index is 12.8. The molecule has 28 heavy (non-hydrogen) atoms. The Bertz CT molecular complexity index is 1020. The smallest absolute Gasteiger partial charge is 0.329 e. The Morgan fingerprint density at radius 2 is 1.96 bits per heavy atom. The minimum absolute atomic E-state index is 0.110. The van der Waals surface area contributed by atoms with Crippen molar-refractivity contribution in [3.05, 3.63) is 70.2 Å². The van der Waals surface area contributed by atoms with Crippen molar-refractivity contribution in [1.82, 2.24) is 29.0 Å². The molecule has 0 unspecified atom stereocenters. The molecule has 0 bridgehead atoms. The molecule has 1 aliphatic heterocycles. The summed E-state index contributed by atoms with van der Waals surface area (Å²) in [5.74, 6) is 0.133. The normalized spacial score (nSPS) is 13.8. The van der Waals surface area contributed by atoms with E-state index in [0.717, 1.165) is 10.2 Å². The Kier molecular flexibility index (Phi) is 4.76. The first-order chi connectivity index (χ1) is 13.5. The zero-order valence-electron chi connectivity index (χ0n) is 14.9. The minimum atomic E-state index is -2.66.